The van der Waals surface area contributed by atoms with Crippen molar-refractivity contribution in [1.29, 1.82) is 0 Å². The summed E-state index contributed by atoms with van der Waals surface area (Å²) in [6, 6.07) is 23.1. The zero-order valence-electron chi connectivity index (χ0n) is 16.2. The van der Waals surface area contributed by atoms with Crippen molar-refractivity contribution in [3.8, 4) is 22.4 Å². The van der Waals surface area contributed by atoms with Crippen LogP contribution < -0.4 is 0 Å². The molecule has 1 nitrogen and oxygen atoms in total. The summed E-state index contributed by atoms with van der Waals surface area (Å²) in [5, 5.41) is -0.329. The highest BCUT2D eigenvalue weighted by Crippen LogP contribution is 2.35. The van der Waals surface area contributed by atoms with Gasteiger partial charge in [0.15, 0.2) is 0 Å². The topological polar surface area (TPSA) is 12.9 Å². The fraction of sp³-hybridized carbons (Fsp3) is 0.292. The first-order valence-corrected chi connectivity index (χ1v) is 9.16. The zero-order chi connectivity index (χ0) is 18.8. The molecule has 0 saturated carbocycles. The summed E-state index contributed by atoms with van der Waals surface area (Å²) in [4.78, 5) is 4.51. The van der Waals surface area contributed by atoms with Crippen molar-refractivity contribution in [2.75, 3.05) is 0 Å². The summed E-state index contributed by atoms with van der Waals surface area (Å²) >= 11 is 0. The van der Waals surface area contributed by atoms with Crippen LogP contribution in [0.15, 0.2) is 72.9 Å². The van der Waals surface area contributed by atoms with E-state index in [9.17, 15) is 0 Å². The van der Waals surface area contributed by atoms with E-state index in [0.717, 1.165) is 17.7 Å². The lowest BCUT2D eigenvalue weighted by molar-refractivity contribution is 0.327. The predicted molar refractivity (Wildman–Crippen MR) is 112 cm³/mol. The molecule has 2 heteroatoms. The second-order valence-corrected chi connectivity index (χ2v) is 8.53. The average molecular weight is 339 g/mol. The maximum atomic E-state index is 6.60. The molecule has 1 aromatic heterocycles. The molecule has 2 radical (unpaired) electrons. The van der Waals surface area contributed by atoms with Crippen LogP contribution in [0.4, 0.5) is 0 Å². The third-order valence-corrected chi connectivity index (χ3v) is 4.60. The number of pyridine rings is 1. The van der Waals surface area contributed by atoms with Gasteiger partial charge in [0, 0.05) is 11.8 Å². The molecule has 0 saturated heterocycles. The van der Waals surface area contributed by atoms with E-state index in [-0.39, 0.29) is 10.7 Å². The monoisotopic (exact) mass is 339 g/mol. The van der Waals surface area contributed by atoms with Gasteiger partial charge in [0.25, 0.3) is 0 Å². The third kappa shape index (κ3) is 4.43. The van der Waals surface area contributed by atoms with Crippen molar-refractivity contribution in [1.82, 2.24) is 4.98 Å². The lowest BCUT2D eigenvalue weighted by Gasteiger charge is -2.33. The molecule has 1 unspecified atom stereocenters. The molecule has 2 aromatic carbocycles. The van der Waals surface area contributed by atoms with E-state index in [1.54, 1.807) is 0 Å². The van der Waals surface area contributed by atoms with E-state index in [1.165, 1.54) is 16.7 Å². The molecule has 26 heavy (non-hydrogen) atoms. The molecular weight excluding hydrogens is 313 g/mol. The van der Waals surface area contributed by atoms with Gasteiger partial charge < -0.3 is 0 Å². The van der Waals surface area contributed by atoms with Gasteiger partial charge in [-0.3, -0.25) is 4.98 Å². The summed E-state index contributed by atoms with van der Waals surface area (Å²) < 4.78 is 0. The fourth-order valence-corrected chi connectivity index (χ4v) is 3.62. The highest BCUT2D eigenvalue weighted by Gasteiger charge is 2.26. The van der Waals surface area contributed by atoms with Crippen LogP contribution >= 0.6 is 0 Å². The molecule has 1 atom stereocenters. The highest BCUT2D eigenvalue weighted by atomic mass is 14.7. The number of rotatable bonds is 4. The van der Waals surface area contributed by atoms with Crippen LogP contribution in [0.5, 0.6) is 0 Å². The van der Waals surface area contributed by atoms with Crippen LogP contribution in [-0.4, -0.2) is 12.8 Å². The van der Waals surface area contributed by atoms with Crippen LogP contribution in [0.2, 0.25) is 0 Å². The van der Waals surface area contributed by atoms with Crippen molar-refractivity contribution >= 4 is 7.85 Å². The lowest BCUT2D eigenvalue weighted by Crippen LogP contribution is -2.28. The molecule has 3 aromatic rings. The van der Waals surface area contributed by atoms with Crippen molar-refractivity contribution in [3.63, 3.8) is 0 Å². The van der Waals surface area contributed by atoms with Crippen LogP contribution in [0.25, 0.3) is 22.4 Å². The van der Waals surface area contributed by atoms with Gasteiger partial charge in [0.05, 0.1) is 13.5 Å². The predicted octanol–water partition coefficient (Wildman–Crippen LogP) is 6.24. The Balaban J connectivity index is 1.88. The lowest BCUT2D eigenvalue weighted by atomic mass is 9.59. The second-order valence-electron chi connectivity index (χ2n) is 8.53. The van der Waals surface area contributed by atoms with Crippen LogP contribution in [0.1, 0.15) is 39.7 Å². The molecular formula is C24H26BN. The molecule has 1 heterocycles. The molecule has 0 aliphatic rings. The van der Waals surface area contributed by atoms with Crippen molar-refractivity contribution in [3.05, 3.63) is 78.5 Å². The van der Waals surface area contributed by atoms with E-state index in [4.69, 9.17) is 7.85 Å². The highest BCUT2D eigenvalue weighted by molar-refractivity contribution is 6.15. The standard InChI is InChI=1S/C24H26BN/c1-23(2,3)17-24(4,25)21-12-10-18(11-13-21)20-14-15-26-22(16-20)19-8-6-5-7-9-19/h5-16H,17H2,1-4H3. The third-order valence-electron chi connectivity index (χ3n) is 4.60. The fourth-order valence-electron chi connectivity index (χ4n) is 3.62. The Labute approximate surface area is 158 Å². The van der Waals surface area contributed by atoms with Crippen LogP contribution in [-0.2, 0) is 5.31 Å². The van der Waals surface area contributed by atoms with Crippen molar-refractivity contribution in [2.45, 2.75) is 39.4 Å². The van der Waals surface area contributed by atoms with Gasteiger partial charge >= 0.3 is 0 Å². The first kappa shape index (κ1) is 18.4. The minimum atomic E-state index is -0.329. The summed E-state index contributed by atoms with van der Waals surface area (Å²) in [5.41, 5.74) is 5.83. The number of hydrogen-bond acceptors (Lipinski definition) is 1. The number of aromatic nitrogens is 1. The van der Waals surface area contributed by atoms with E-state index in [1.807, 2.05) is 24.4 Å². The summed E-state index contributed by atoms with van der Waals surface area (Å²) in [6.07, 6.45) is 2.81. The van der Waals surface area contributed by atoms with E-state index < -0.39 is 0 Å². The number of benzene rings is 2. The molecule has 0 spiro atoms. The zero-order valence-corrected chi connectivity index (χ0v) is 16.2. The molecule has 0 N–H and O–H groups in total. The number of nitrogens with zero attached hydrogens (tertiary/aromatic N) is 1. The molecule has 130 valence electrons. The summed E-state index contributed by atoms with van der Waals surface area (Å²) in [6.45, 7) is 8.81. The summed E-state index contributed by atoms with van der Waals surface area (Å²) in [7, 11) is 6.60. The van der Waals surface area contributed by atoms with Crippen LogP contribution in [0, 0.1) is 5.41 Å². The Bertz CT molecular complexity index is 859. The van der Waals surface area contributed by atoms with Crippen molar-refractivity contribution < 1.29 is 0 Å². The quantitative estimate of drug-likeness (QED) is 0.513. The minimum absolute atomic E-state index is 0.192. The maximum Gasteiger partial charge on any atom is 0.0806 e. The van der Waals surface area contributed by atoms with E-state index >= 15 is 0 Å². The van der Waals surface area contributed by atoms with E-state index in [2.05, 4.69) is 81.2 Å². The first-order valence-electron chi connectivity index (χ1n) is 9.16. The Morgan fingerprint density at radius 2 is 1.42 bits per heavy atom. The van der Waals surface area contributed by atoms with Gasteiger partial charge in [-0.25, -0.2) is 0 Å². The molecule has 0 amide bonds. The molecule has 0 aliphatic heterocycles. The van der Waals surface area contributed by atoms with Gasteiger partial charge in [-0.05, 0) is 40.4 Å². The second kappa shape index (κ2) is 7.11. The Morgan fingerprint density at radius 3 is 2.04 bits per heavy atom. The van der Waals surface area contributed by atoms with Crippen molar-refractivity contribution in [2.24, 2.45) is 5.41 Å². The minimum Gasteiger partial charge on any atom is -0.256 e. The molecule has 0 fully saturated rings. The van der Waals surface area contributed by atoms with Gasteiger partial charge in [0.2, 0.25) is 0 Å². The Kier molecular flexibility index (Phi) is 5.04. The van der Waals surface area contributed by atoms with E-state index in [0.29, 0.717) is 0 Å². The Hall–Kier alpha value is -2.35. The van der Waals surface area contributed by atoms with Crippen LogP contribution in [0.3, 0.4) is 0 Å². The van der Waals surface area contributed by atoms with Gasteiger partial charge in [-0.15, -0.1) is 0 Å². The SMILES string of the molecule is [B]C(C)(CC(C)(C)C)c1ccc(-c2ccnc(-c3ccccc3)c2)cc1. The molecule has 0 aliphatic carbocycles. The maximum absolute atomic E-state index is 6.60. The average Bonchev–Trinajstić information content (AvgIpc) is 2.61. The first-order chi connectivity index (χ1) is 12.2. The van der Waals surface area contributed by atoms with Gasteiger partial charge in [-0.2, -0.15) is 0 Å². The normalized spacial score (nSPS) is 14.0. The molecule has 0 bridgehead atoms. The summed E-state index contributed by atoms with van der Waals surface area (Å²) in [5.74, 6) is 0. The smallest absolute Gasteiger partial charge is 0.0806 e. The van der Waals surface area contributed by atoms with Gasteiger partial charge in [-0.1, -0.05) is 87.9 Å². The largest absolute Gasteiger partial charge is 0.256 e. The number of hydrogen-bond donors (Lipinski definition) is 0. The Morgan fingerprint density at radius 1 is 0.769 bits per heavy atom. The molecule has 3 rings (SSSR count). The van der Waals surface area contributed by atoms with Gasteiger partial charge in [0.1, 0.15) is 0 Å².